The molecule has 3 aliphatic carbocycles. The smallest absolute Gasteiger partial charge is 0.321 e. The molecular weight excluding hydrogens is 208 g/mol. The Balaban J connectivity index is 2.33. The lowest BCUT2D eigenvalue weighted by Gasteiger charge is -2.43. The van der Waals surface area contributed by atoms with Crippen LogP contribution in [0.25, 0.3) is 0 Å². The fraction of sp³-hybridized carbons (Fsp3) is 0.667. The molecule has 1 fully saturated rings. The van der Waals surface area contributed by atoms with Crippen LogP contribution in [0.4, 0.5) is 0 Å². The molecular formula is C12H16O4. The van der Waals surface area contributed by atoms with Crippen LogP contribution in [-0.4, -0.2) is 22.2 Å². The van der Waals surface area contributed by atoms with E-state index in [1.165, 1.54) is 6.92 Å². The summed E-state index contributed by atoms with van der Waals surface area (Å²) < 4.78 is 0. The Bertz CT molecular complexity index is 344. The number of allylic oxidation sites excluding steroid dienone is 2. The first-order chi connectivity index (χ1) is 7.46. The van der Waals surface area contributed by atoms with E-state index >= 15 is 0 Å². The Hall–Kier alpha value is -1.32. The van der Waals surface area contributed by atoms with Crippen LogP contribution in [0.5, 0.6) is 0 Å². The molecule has 88 valence electrons. The molecule has 2 bridgehead atoms. The number of rotatable bonds is 3. The Labute approximate surface area is 94.0 Å². The van der Waals surface area contributed by atoms with Gasteiger partial charge >= 0.3 is 11.9 Å². The summed E-state index contributed by atoms with van der Waals surface area (Å²) in [5, 5.41) is 18.4. The minimum absolute atomic E-state index is 0.113. The molecule has 4 heteroatoms. The first-order valence-corrected chi connectivity index (χ1v) is 5.61. The lowest BCUT2D eigenvalue weighted by atomic mass is 9.59. The first kappa shape index (κ1) is 11.2. The van der Waals surface area contributed by atoms with Gasteiger partial charge in [-0.15, -0.1) is 0 Å². The monoisotopic (exact) mass is 224 g/mol. The average molecular weight is 224 g/mol. The molecule has 4 nitrogen and oxygen atoms in total. The minimum atomic E-state index is -1.64. The number of carboxylic acid groups (broad SMARTS) is 2. The van der Waals surface area contributed by atoms with Gasteiger partial charge in [-0.2, -0.15) is 0 Å². The highest BCUT2D eigenvalue weighted by molar-refractivity contribution is 5.98. The van der Waals surface area contributed by atoms with Gasteiger partial charge in [0.15, 0.2) is 5.41 Å². The normalized spacial score (nSPS) is 32.7. The molecule has 16 heavy (non-hydrogen) atoms. The van der Waals surface area contributed by atoms with Gasteiger partial charge < -0.3 is 10.2 Å². The van der Waals surface area contributed by atoms with Crippen molar-refractivity contribution in [3.05, 3.63) is 12.2 Å². The number of hydrogen-bond donors (Lipinski definition) is 2. The van der Waals surface area contributed by atoms with E-state index in [-0.39, 0.29) is 11.8 Å². The van der Waals surface area contributed by atoms with Crippen LogP contribution in [0.2, 0.25) is 0 Å². The first-order valence-electron chi connectivity index (χ1n) is 5.61. The molecule has 0 aromatic carbocycles. The Morgan fingerprint density at radius 1 is 1.19 bits per heavy atom. The van der Waals surface area contributed by atoms with Gasteiger partial charge in [0.1, 0.15) is 0 Å². The van der Waals surface area contributed by atoms with Gasteiger partial charge in [-0.25, -0.2) is 0 Å². The van der Waals surface area contributed by atoms with Crippen LogP contribution >= 0.6 is 0 Å². The SMILES string of the molecule is CC(C(=O)O)(C(=O)O)C1CC2C=CC1CC2. The largest absolute Gasteiger partial charge is 0.480 e. The third-order valence-electron chi connectivity index (χ3n) is 4.20. The standard InChI is InChI=1S/C12H16O4/c1-12(10(13)14,11(15)16)9-6-7-2-4-8(9)5-3-7/h2,4,7-9H,3,5-6H2,1H3,(H,13,14)(H,15,16). The van der Waals surface area contributed by atoms with Crippen molar-refractivity contribution in [1.29, 1.82) is 0 Å². The maximum Gasteiger partial charge on any atom is 0.321 e. The predicted molar refractivity (Wildman–Crippen MR) is 56.8 cm³/mol. The summed E-state index contributed by atoms with van der Waals surface area (Å²) in [5.74, 6) is -2.22. The van der Waals surface area contributed by atoms with Gasteiger partial charge in [-0.05, 0) is 43.9 Å². The van der Waals surface area contributed by atoms with Gasteiger partial charge in [-0.1, -0.05) is 12.2 Å². The molecule has 0 spiro atoms. The van der Waals surface area contributed by atoms with E-state index in [9.17, 15) is 19.8 Å². The third kappa shape index (κ3) is 1.44. The van der Waals surface area contributed by atoms with Gasteiger partial charge in [-0.3, -0.25) is 9.59 Å². The van der Waals surface area contributed by atoms with E-state index in [4.69, 9.17) is 0 Å². The van der Waals surface area contributed by atoms with Gasteiger partial charge in [0, 0.05) is 0 Å². The molecule has 1 saturated carbocycles. The molecule has 3 atom stereocenters. The maximum atomic E-state index is 11.2. The van der Waals surface area contributed by atoms with Crippen molar-refractivity contribution < 1.29 is 19.8 Å². The number of aliphatic carboxylic acids is 2. The Morgan fingerprint density at radius 3 is 2.12 bits per heavy atom. The minimum Gasteiger partial charge on any atom is -0.480 e. The van der Waals surface area contributed by atoms with Crippen LogP contribution in [-0.2, 0) is 9.59 Å². The van der Waals surface area contributed by atoms with Crippen LogP contribution in [0, 0.1) is 23.2 Å². The molecule has 0 amide bonds. The van der Waals surface area contributed by atoms with E-state index in [0.29, 0.717) is 12.3 Å². The van der Waals surface area contributed by atoms with Crippen LogP contribution in [0.3, 0.4) is 0 Å². The fourth-order valence-corrected chi connectivity index (χ4v) is 3.00. The summed E-state index contributed by atoms with van der Waals surface area (Å²) in [7, 11) is 0. The van der Waals surface area contributed by atoms with Crippen LogP contribution in [0.15, 0.2) is 12.2 Å². The summed E-state index contributed by atoms with van der Waals surface area (Å²) in [6.07, 6.45) is 6.78. The molecule has 2 N–H and O–H groups in total. The Kier molecular flexibility index (Phi) is 2.52. The van der Waals surface area contributed by atoms with Crippen molar-refractivity contribution in [3.8, 4) is 0 Å². The summed E-state index contributed by atoms with van der Waals surface area (Å²) in [4.78, 5) is 22.5. The van der Waals surface area contributed by atoms with E-state index < -0.39 is 17.4 Å². The summed E-state index contributed by atoms with van der Waals surface area (Å²) in [6, 6.07) is 0. The van der Waals surface area contributed by atoms with Crippen molar-refractivity contribution in [2.45, 2.75) is 26.2 Å². The molecule has 3 unspecified atom stereocenters. The number of fused-ring (bicyclic) bond motifs is 2. The lowest BCUT2D eigenvalue weighted by Crippen LogP contribution is -2.48. The van der Waals surface area contributed by atoms with E-state index in [1.54, 1.807) is 0 Å². The van der Waals surface area contributed by atoms with Crippen molar-refractivity contribution in [3.63, 3.8) is 0 Å². The highest BCUT2D eigenvalue weighted by Gasteiger charge is 2.53. The van der Waals surface area contributed by atoms with Crippen molar-refractivity contribution in [1.82, 2.24) is 0 Å². The highest BCUT2D eigenvalue weighted by atomic mass is 16.4. The second-order valence-electron chi connectivity index (χ2n) is 5.04. The molecule has 3 aliphatic rings. The second-order valence-corrected chi connectivity index (χ2v) is 5.04. The Morgan fingerprint density at radius 2 is 1.81 bits per heavy atom. The topological polar surface area (TPSA) is 74.6 Å². The fourth-order valence-electron chi connectivity index (χ4n) is 3.00. The molecule has 0 radical (unpaired) electrons. The molecule has 3 rings (SSSR count). The molecule has 0 aliphatic heterocycles. The molecule has 0 heterocycles. The molecule has 0 aromatic rings. The summed E-state index contributed by atoms with van der Waals surface area (Å²) >= 11 is 0. The van der Waals surface area contributed by atoms with Gasteiger partial charge in [0.25, 0.3) is 0 Å². The molecule has 0 saturated heterocycles. The summed E-state index contributed by atoms with van der Waals surface area (Å²) in [5.41, 5.74) is -1.64. The zero-order chi connectivity index (χ0) is 11.9. The zero-order valence-electron chi connectivity index (χ0n) is 9.22. The summed E-state index contributed by atoms with van der Waals surface area (Å²) in [6.45, 7) is 1.34. The van der Waals surface area contributed by atoms with Crippen molar-refractivity contribution >= 4 is 11.9 Å². The van der Waals surface area contributed by atoms with E-state index in [0.717, 1.165) is 12.8 Å². The van der Waals surface area contributed by atoms with Gasteiger partial charge in [0.2, 0.25) is 0 Å². The van der Waals surface area contributed by atoms with E-state index in [1.807, 2.05) is 6.08 Å². The maximum absolute atomic E-state index is 11.2. The van der Waals surface area contributed by atoms with Gasteiger partial charge in [0.05, 0.1) is 0 Å². The number of carbonyl (C=O) groups is 2. The quantitative estimate of drug-likeness (QED) is 0.566. The zero-order valence-corrected chi connectivity index (χ0v) is 9.22. The average Bonchev–Trinajstić information content (AvgIpc) is 2.28. The second kappa shape index (κ2) is 3.61. The number of hydrogen-bond acceptors (Lipinski definition) is 2. The lowest BCUT2D eigenvalue weighted by molar-refractivity contribution is -0.170. The van der Waals surface area contributed by atoms with Crippen molar-refractivity contribution in [2.24, 2.45) is 23.2 Å². The van der Waals surface area contributed by atoms with Crippen LogP contribution < -0.4 is 0 Å². The highest BCUT2D eigenvalue weighted by Crippen LogP contribution is 2.48. The number of carboxylic acids is 2. The molecule has 0 aromatic heterocycles. The van der Waals surface area contributed by atoms with Crippen LogP contribution in [0.1, 0.15) is 26.2 Å². The predicted octanol–water partition coefficient (Wildman–Crippen LogP) is 1.76. The van der Waals surface area contributed by atoms with E-state index in [2.05, 4.69) is 6.08 Å². The third-order valence-corrected chi connectivity index (χ3v) is 4.20. The van der Waals surface area contributed by atoms with Crippen molar-refractivity contribution in [2.75, 3.05) is 0 Å².